The highest BCUT2D eigenvalue weighted by Gasteiger charge is 2.11. The van der Waals surface area contributed by atoms with Crippen LogP contribution in [0.15, 0.2) is 34.9 Å². The maximum Gasteiger partial charge on any atom is 0.173 e. The van der Waals surface area contributed by atoms with Crippen LogP contribution in [0.1, 0.15) is 5.69 Å². The molecule has 21 heavy (non-hydrogen) atoms. The quantitative estimate of drug-likeness (QED) is 0.840. The topological polar surface area (TPSA) is 42.3 Å². The summed E-state index contributed by atoms with van der Waals surface area (Å²) in [6, 6.07) is 7.66. The van der Waals surface area contributed by atoms with Crippen LogP contribution in [0.5, 0.6) is 5.75 Å². The number of aryl methyl sites for hydroxylation is 1. The summed E-state index contributed by atoms with van der Waals surface area (Å²) in [4.78, 5) is 1.95. The second-order valence-corrected chi connectivity index (χ2v) is 5.82. The van der Waals surface area contributed by atoms with Crippen molar-refractivity contribution in [1.29, 1.82) is 0 Å². The van der Waals surface area contributed by atoms with Crippen molar-refractivity contribution in [2.45, 2.75) is 6.54 Å². The zero-order valence-electron chi connectivity index (χ0n) is 12.1. The lowest BCUT2D eigenvalue weighted by atomic mass is 10.3. The van der Waals surface area contributed by atoms with E-state index in [9.17, 15) is 0 Å². The predicted octanol–water partition coefficient (Wildman–Crippen LogP) is 3.02. The van der Waals surface area contributed by atoms with Crippen LogP contribution in [0.25, 0.3) is 0 Å². The Kier molecular flexibility index (Phi) is 5.19. The van der Waals surface area contributed by atoms with Crippen molar-refractivity contribution in [2.75, 3.05) is 19.5 Å². The molecule has 1 aromatic heterocycles. The highest BCUT2D eigenvalue weighted by atomic mass is 79.9. The third-order valence-corrected chi connectivity index (χ3v) is 4.14. The van der Waals surface area contributed by atoms with Gasteiger partial charge in [-0.25, -0.2) is 0 Å². The molecule has 0 amide bonds. The van der Waals surface area contributed by atoms with Crippen molar-refractivity contribution in [2.24, 2.45) is 7.05 Å². The fourth-order valence-corrected chi connectivity index (χ4v) is 2.49. The van der Waals surface area contributed by atoms with E-state index in [-0.39, 0.29) is 0 Å². The van der Waals surface area contributed by atoms with Crippen LogP contribution in [0, 0.1) is 0 Å². The largest absolute Gasteiger partial charge is 0.497 e. The molecule has 2 aromatic rings. The molecule has 0 saturated carbocycles. The minimum Gasteiger partial charge on any atom is -0.497 e. The number of methoxy groups -OCH3 is 1. The second-order valence-electron chi connectivity index (χ2n) is 4.58. The molecule has 0 spiro atoms. The van der Waals surface area contributed by atoms with Crippen LogP contribution in [-0.4, -0.2) is 34.0 Å². The van der Waals surface area contributed by atoms with Crippen molar-refractivity contribution >= 4 is 38.9 Å². The van der Waals surface area contributed by atoms with Gasteiger partial charge in [-0.05, 0) is 40.3 Å². The first-order chi connectivity index (χ1) is 10.0. The van der Waals surface area contributed by atoms with Crippen molar-refractivity contribution in [3.63, 3.8) is 0 Å². The molecule has 0 aliphatic heterocycles. The molecule has 0 bridgehead atoms. The highest BCUT2D eigenvalue weighted by Crippen LogP contribution is 2.19. The van der Waals surface area contributed by atoms with Gasteiger partial charge in [-0.2, -0.15) is 5.10 Å². The fraction of sp³-hybridized carbons (Fsp3) is 0.286. The maximum atomic E-state index is 5.43. The molecular weight excluding hydrogens is 352 g/mol. The lowest BCUT2D eigenvalue weighted by molar-refractivity contribution is 0.415. The van der Waals surface area contributed by atoms with Gasteiger partial charge in [-0.15, -0.1) is 0 Å². The Morgan fingerprint density at radius 3 is 2.90 bits per heavy atom. The van der Waals surface area contributed by atoms with Crippen molar-refractivity contribution in [3.05, 3.63) is 40.6 Å². The number of rotatable bonds is 4. The average molecular weight is 369 g/mol. The lowest BCUT2D eigenvalue weighted by Gasteiger charge is -2.21. The van der Waals surface area contributed by atoms with Gasteiger partial charge in [0, 0.05) is 25.8 Å². The second kappa shape index (κ2) is 6.91. The number of nitrogens with zero attached hydrogens (tertiary/aromatic N) is 3. The normalized spacial score (nSPS) is 10.3. The Labute approximate surface area is 138 Å². The van der Waals surface area contributed by atoms with E-state index in [1.54, 1.807) is 13.3 Å². The molecule has 0 radical (unpaired) electrons. The minimum atomic E-state index is 0.636. The van der Waals surface area contributed by atoms with E-state index in [2.05, 4.69) is 26.3 Å². The maximum absolute atomic E-state index is 5.43. The van der Waals surface area contributed by atoms with Gasteiger partial charge >= 0.3 is 0 Å². The number of thiocarbonyl (C=S) groups is 1. The number of halogens is 1. The first-order valence-electron chi connectivity index (χ1n) is 6.34. The zero-order chi connectivity index (χ0) is 15.4. The molecule has 0 aliphatic rings. The van der Waals surface area contributed by atoms with Gasteiger partial charge in [-0.1, -0.05) is 6.07 Å². The van der Waals surface area contributed by atoms with E-state index >= 15 is 0 Å². The molecule has 0 unspecified atom stereocenters. The lowest BCUT2D eigenvalue weighted by Crippen LogP contribution is -2.31. The van der Waals surface area contributed by atoms with Gasteiger partial charge < -0.3 is 15.0 Å². The van der Waals surface area contributed by atoms with E-state index in [0.717, 1.165) is 21.6 Å². The van der Waals surface area contributed by atoms with Crippen LogP contribution in [0.4, 0.5) is 5.69 Å². The number of nitrogens with one attached hydrogen (secondary N) is 1. The van der Waals surface area contributed by atoms with Gasteiger partial charge in [0.2, 0.25) is 0 Å². The molecule has 1 N–H and O–H groups in total. The first kappa shape index (κ1) is 15.8. The Balaban J connectivity index is 2.02. The fourth-order valence-electron chi connectivity index (χ4n) is 1.83. The SMILES string of the molecule is COc1cccc(NC(=S)N(C)Cc2c(Br)cnn2C)c1. The molecule has 112 valence electrons. The van der Waals surface area contributed by atoms with Gasteiger partial charge in [0.1, 0.15) is 5.75 Å². The average Bonchev–Trinajstić information content (AvgIpc) is 2.79. The molecule has 0 saturated heterocycles. The number of benzene rings is 1. The summed E-state index contributed by atoms with van der Waals surface area (Å²) in [5.74, 6) is 0.792. The molecule has 0 fully saturated rings. The van der Waals surface area contributed by atoms with Crippen molar-refractivity contribution in [3.8, 4) is 5.75 Å². The van der Waals surface area contributed by atoms with Crippen LogP contribution in [0.2, 0.25) is 0 Å². The highest BCUT2D eigenvalue weighted by molar-refractivity contribution is 9.10. The van der Waals surface area contributed by atoms with Crippen molar-refractivity contribution in [1.82, 2.24) is 14.7 Å². The summed E-state index contributed by atoms with van der Waals surface area (Å²) in [5.41, 5.74) is 1.96. The van der Waals surface area contributed by atoms with Crippen LogP contribution in [-0.2, 0) is 13.6 Å². The molecular formula is C14H17BrN4OS. The monoisotopic (exact) mass is 368 g/mol. The summed E-state index contributed by atoms with van der Waals surface area (Å²) in [6.45, 7) is 0.660. The first-order valence-corrected chi connectivity index (χ1v) is 7.54. The molecule has 7 heteroatoms. The van der Waals surface area contributed by atoms with Crippen LogP contribution in [0.3, 0.4) is 0 Å². The van der Waals surface area contributed by atoms with Crippen LogP contribution >= 0.6 is 28.1 Å². The van der Waals surface area contributed by atoms with Gasteiger partial charge in [0.15, 0.2) is 5.11 Å². The van der Waals surface area contributed by atoms with Gasteiger partial charge in [-0.3, -0.25) is 4.68 Å². The molecule has 0 aliphatic carbocycles. The van der Waals surface area contributed by atoms with Crippen molar-refractivity contribution < 1.29 is 4.74 Å². The summed E-state index contributed by atoms with van der Waals surface area (Å²) >= 11 is 8.92. The smallest absolute Gasteiger partial charge is 0.173 e. The van der Waals surface area contributed by atoms with E-state index in [1.807, 2.05) is 47.9 Å². The molecule has 2 rings (SSSR count). The van der Waals surface area contributed by atoms with Gasteiger partial charge in [0.25, 0.3) is 0 Å². The summed E-state index contributed by atoms with van der Waals surface area (Å²) in [6.07, 6.45) is 1.78. The number of anilines is 1. The standard InChI is InChI=1S/C14H17BrN4OS/c1-18(9-13-12(15)8-16-19(13)2)14(21)17-10-5-4-6-11(7-10)20-3/h4-8H,9H2,1-3H3,(H,17,21). The number of aromatic nitrogens is 2. The Morgan fingerprint density at radius 2 is 2.29 bits per heavy atom. The molecule has 1 heterocycles. The van der Waals surface area contributed by atoms with E-state index in [0.29, 0.717) is 11.7 Å². The van der Waals surface area contributed by atoms with E-state index < -0.39 is 0 Å². The van der Waals surface area contributed by atoms with E-state index in [1.165, 1.54) is 0 Å². The zero-order valence-corrected chi connectivity index (χ0v) is 14.5. The van der Waals surface area contributed by atoms with Gasteiger partial charge in [0.05, 0.1) is 30.0 Å². The molecule has 5 nitrogen and oxygen atoms in total. The Bertz CT molecular complexity index is 624. The molecule has 0 atom stereocenters. The summed E-state index contributed by atoms with van der Waals surface area (Å²) < 4.78 is 8.00. The predicted molar refractivity (Wildman–Crippen MR) is 91.6 cm³/mol. The third-order valence-electron chi connectivity index (χ3n) is 3.07. The number of hydrogen-bond acceptors (Lipinski definition) is 3. The summed E-state index contributed by atoms with van der Waals surface area (Å²) in [7, 11) is 5.49. The van der Waals surface area contributed by atoms with Crippen LogP contribution < -0.4 is 10.1 Å². The third kappa shape index (κ3) is 3.95. The number of ether oxygens (including phenoxy) is 1. The minimum absolute atomic E-state index is 0.636. The Morgan fingerprint density at radius 1 is 1.52 bits per heavy atom. The Hall–Kier alpha value is -1.60. The van der Waals surface area contributed by atoms with E-state index in [4.69, 9.17) is 17.0 Å². The number of hydrogen-bond donors (Lipinski definition) is 1. The summed E-state index contributed by atoms with van der Waals surface area (Å²) in [5, 5.41) is 8.03. The molecule has 1 aromatic carbocycles.